The lowest BCUT2D eigenvalue weighted by Gasteiger charge is -2.34. The molecular weight excluding hydrogens is 331 g/mol. The fourth-order valence-electron chi connectivity index (χ4n) is 2.53. The van der Waals surface area contributed by atoms with Crippen LogP contribution in [0.2, 0.25) is 0 Å². The minimum absolute atomic E-state index is 0.267. The highest BCUT2D eigenvalue weighted by Crippen LogP contribution is 2.52. The maximum Gasteiger partial charge on any atom is 0.417 e. The molecule has 0 N–H and O–H groups in total. The lowest BCUT2D eigenvalue weighted by molar-refractivity contribution is -0.139. The van der Waals surface area contributed by atoms with Gasteiger partial charge in [-0.1, -0.05) is 30.0 Å². The van der Waals surface area contributed by atoms with E-state index in [9.17, 15) is 13.2 Å². The van der Waals surface area contributed by atoms with Crippen LogP contribution in [0.3, 0.4) is 0 Å². The highest BCUT2D eigenvalue weighted by atomic mass is 35.5. The average molecular weight is 344 g/mol. The molecule has 1 aliphatic rings. The minimum atomic E-state index is -4.36. The number of hydrogen-bond acceptors (Lipinski definition) is 2. The predicted octanol–water partition coefficient (Wildman–Crippen LogP) is 5.94. The van der Waals surface area contributed by atoms with Gasteiger partial charge in [-0.3, -0.25) is 0 Å². The summed E-state index contributed by atoms with van der Waals surface area (Å²) in [6.45, 7) is 0.593. The second-order valence-corrected chi connectivity index (χ2v) is 6.35. The van der Waals surface area contributed by atoms with Crippen LogP contribution in [-0.4, -0.2) is 12.4 Å². The molecule has 3 rings (SSSR count). The molecule has 0 radical (unpaired) electrons. The van der Waals surface area contributed by atoms with Crippen molar-refractivity contribution in [3.63, 3.8) is 0 Å². The van der Waals surface area contributed by atoms with Crippen molar-refractivity contribution in [3.8, 4) is 0 Å². The summed E-state index contributed by atoms with van der Waals surface area (Å²) in [6.07, 6.45) is -3.65. The Hall–Kier alpha value is -1.33. The molecule has 0 fully saturated rings. The Morgan fingerprint density at radius 2 is 1.73 bits per heavy atom. The lowest BCUT2D eigenvalue weighted by Crippen LogP contribution is -2.23. The maximum atomic E-state index is 13.3. The molecule has 0 spiro atoms. The number of hydrogen-bond donors (Lipinski definition) is 0. The summed E-state index contributed by atoms with van der Waals surface area (Å²) >= 11 is 6.95. The number of rotatable bonds is 3. The summed E-state index contributed by atoms with van der Waals surface area (Å²) in [7, 11) is 0. The molecule has 1 aliphatic heterocycles. The molecule has 2 aromatic rings. The SMILES string of the molecule is FC(F)(F)c1cccc2c1Sc1ccccc1N2CCCCl. The van der Waals surface area contributed by atoms with Gasteiger partial charge in [0.1, 0.15) is 0 Å². The van der Waals surface area contributed by atoms with E-state index in [1.807, 2.05) is 29.2 Å². The molecule has 1 heterocycles. The van der Waals surface area contributed by atoms with Gasteiger partial charge in [0, 0.05) is 22.2 Å². The first-order valence-corrected chi connectivity index (χ1v) is 8.18. The molecule has 116 valence electrons. The number of fused-ring (bicyclic) bond motifs is 2. The zero-order chi connectivity index (χ0) is 15.7. The highest BCUT2D eigenvalue weighted by molar-refractivity contribution is 7.99. The van der Waals surface area contributed by atoms with Gasteiger partial charge < -0.3 is 4.90 Å². The van der Waals surface area contributed by atoms with Gasteiger partial charge in [-0.2, -0.15) is 13.2 Å². The number of halogens is 4. The van der Waals surface area contributed by atoms with Crippen molar-refractivity contribution in [1.82, 2.24) is 0 Å². The van der Waals surface area contributed by atoms with Gasteiger partial charge in [-0.05, 0) is 30.7 Å². The average Bonchev–Trinajstić information content (AvgIpc) is 2.50. The first-order chi connectivity index (χ1) is 10.5. The van der Waals surface area contributed by atoms with Crippen molar-refractivity contribution < 1.29 is 13.2 Å². The summed E-state index contributed by atoms with van der Waals surface area (Å²) in [6, 6.07) is 11.9. The monoisotopic (exact) mass is 343 g/mol. The second kappa shape index (κ2) is 6.05. The molecular formula is C16H13ClF3NS. The molecule has 0 aliphatic carbocycles. The van der Waals surface area contributed by atoms with Crippen LogP contribution in [0.1, 0.15) is 12.0 Å². The molecule has 22 heavy (non-hydrogen) atoms. The van der Waals surface area contributed by atoms with E-state index in [2.05, 4.69) is 0 Å². The fourth-order valence-corrected chi connectivity index (χ4v) is 3.88. The van der Waals surface area contributed by atoms with E-state index in [-0.39, 0.29) is 4.90 Å². The molecule has 0 saturated heterocycles. The molecule has 0 saturated carbocycles. The third kappa shape index (κ3) is 2.79. The largest absolute Gasteiger partial charge is 0.417 e. The van der Waals surface area contributed by atoms with Gasteiger partial charge in [-0.15, -0.1) is 11.6 Å². The van der Waals surface area contributed by atoms with Crippen molar-refractivity contribution >= 4 is 34.7 Å². The van der Waals surface area contributed by atoms with Crippen molar-refractivity contribution in [1.29, 1.82) is 0 Å². The zero-order valence-corrected chi connectivity index (χ0v) is 13.1. The van der Waals surface area contributed by atoms with Crippen molar-refractivity contribution in [2.24, 2.45) is 0 Å². The number of nitrogens with zero attached hydrogens (tertiary/aromatic N) is 1. The molecule has 0 amide bonds. The van der Waals surface area contributed by atoms with Crippen LogP contribution in [0.25, 0.3) is 0 Å². The van der Waals surface area contributed by atoms with Crippen molar-refractivity contribution in [2.45, 2.75) is 22.4 Å². The van der Waals surface area contributed by atoms with Crippen LogP contribution in [-0.2, 0) is 6.18 Å². The molecule has 0 unspecified atom stereocenters. The van der Waals surface area contributed by atoms with E-state index in [0.29, 0.717) is 24.5 Å². The number of anilines is 2. The lowest BCUT2D eigenvalue weighted by atomic mass is 10.1. The molecule has 1 nitrogen and oxygen atoms in total. The fraction of sp³-hybridized carbons (Fsp3) is 0.250. The van der Waals surface area contributed by atoms with Crippen LogP contribution in [0, 0.1) is 0 Å². The minimum Gasteiger partial charge on any atom is -0.340 e. The van der Waals surface area contributed by atoms with Crippen molar-refractivity contribution in [2.75, 3.05) is 17.3 Å². The van der Waals surface area contributed by atoms with Gasteiger partial charge in [0.05, 0.1) is 16.9 Å². The Bertz CT molecular complexity index is 687. The number of alkyl halides is 4. The van der Waals surface area contributed by atoms with Gasteiger partial charge in [0.2, 0.25) is 0 Å². The second-order valence-electron chi connectivity index (χ2n) is 4.92. The summed E-state index contributed by atoms with van der Waals surface area (Å²) in [5.74, 6) is 0.472. The Morgan fingerprint density at radius 1 is 1.00 bits per heavy atom. The Balaban J connectivity index is 2.14. The van der Waals surface area contributed by atoms with E-state index in [0.717, 1.165) is 16.6 Å². The summed E-state index contributed by atoms with van der Waals surface area (Å²) < 4.78 is 39.8. The van der Waals surface area contributed by atoms with E-state index in [4.69, 9.17) is 11.6 Å². The number of para-hydroxylation sites is 1. The van der Waals surface area contributed by atoms with Gasteiger partial charge in [-0.25, -0.2) is 0 Å². The van der Waals surface area contributed by atoms with Crippen molar-refractivity contribution in [3.05, 3.63) is 48.0 Å². The van der Waals surface area contributed by atoms with Crippen LogP contribution < -0.4 is 4.90 Å². The standard InChI is InChI=1S/C16H13ClF3NS/c17-9-4-10-21-12-6-1-2-8-14(12)22-15-11(16(18,19)20)5-3-7-13(15)21/h1-3,5-8H,4,9-10H2. The molecule has 0 atom stereocenters. The predicted molar refractivity (Wildman–Crippen MR) is 84.4 cm³/mol. The molecule has 6 heteroatoms. The normalized spacial score (nSPS) is 13.7. The highest BCUT2D eigenvalue weighted by Gasteiger charge is 2.37. The van der Waals surface area contributed by atoms with Gasteiger partial charge >= 0.3 is 6.18 Å². The summed E-state index contributed by atoms with van der Waals surface area (Å²) in [5, 5.41) is 0. The Kier molecular flexibility index (Phi) is 4.28. The maximum absolute atomic E-state index is 13.3. The molecule has 2 aromatic carbocycles. The van der Waals surface area contributed by atoms with Gasteiger partial charge in [0.15, 0.2) is 0 Å². The van der Waals surface area contributed by atoms with Crippen LogP contribution in [0.4, 0.5) is 24.5 Å². The van der Waals surface area contributed by atoms with Crippen LogP contribution in [0.5, 0.6) is 0 Å². The van der Waals surface area contributed by atoms with E-state index < -0.39 is 11.7 Å². The topological polar surface area (TPSA) is 3.24 Å². The van der Waals surface area contributed by atoms with E-state index in [1.165, 1.54) is 17.8 Å². The third-order valence-electron chi connectivity index (χ3n) is 3.47. The Labute approximate surface area is 136 Å². The Morgan fingerprint density at radius 3 is 2.45 bits per heavy atom. The quantitative estimate of drug-likeness (QED) is 0.635. The first kappa shape index (κ1) is 15.6. The van der Waals surface area contributed by atoms with E-state index >= 15 is 0 Å². The first-order valence-electron chi connectivity index (χ1n) is 6.83. The summed E-state index contributed by atoms with van der Waals surface area (Å²) in [5.41, 5.74) is 0.952. The van der Waals surface area contributed by atoms with Crippen LogP contribution in [0.15, 0.2) is 52.3 Å². The molecule has 0 bridgehead atoms. The molecule has 0 aromatic heterocycles. The third-order valence-corrected chi connectivity index (χ3v) is 4.94. The van der Waals surface area contributed by atoms with Gasteiger partial charge in [0.25, 0.3) is 0 Å². The zero-order valence-electron chi connectivity index (χ0n) is 11.5. The smallest absolute Gasteiger partial charge is 0.340 e. The number of benzene rings is 2. The van der Waals surface area contributed by atoms with E-state index in [1.54, 1.807) is 6.07 Å². The summed E-state index contributed by atoms with van der Waals surface area (Å²) in [4.78, 5) is 3.03. The van der Waals surface area contributed by atoms with Crippen LogP contribution >= 0.6 is 23.4 Å².